The lowest BCUT2D eigenvalue weighted by molar-refractivity contribution is 0.225. The summed E-state index contributed by atoms with van der Waals surface area (Å²) in [6.07, 6.45) is 1.20. The molecule has 0 bridgehead atoms. The molecule has 0 radical (unpaired) electrons. The average molecular weight is 276 g/mol. The lowest BCUT2D eigenvalue weighted by Gasteiger charge is -2.25. The maximum absolute atomic E-state index is 3.50. The topological polar surface area (TPSA) is 15.3 Å². The van der Waals surface area contributed by atoms with Gasteiger partial charge in [0.05, 0.1) is 0 Å². The molecule has 2 heteroatoms. The highest BCUT2D eigenvalue weighted by atomic mass is 15.1. The van der Waals surface area contributed by atoms with Crippen LogP contribution in [0, 0.1) is 0 Å². The fourth-order valence-electron chi connectivity index (χ4n) is 2.46. The summed E-state index contributed by atoms with van der Waals surface area (Å²) in [5.74, 6) is 0.586. The predicted molar refractivity (Wildman–Crippen MR) is 89.2 cm³/mol. The number of benzene rings is 1. The SMILES string of the molecule is CCCNCC(C)c1ccc(CN(CC)C(C)C)cc1. The van der Waals surface area contributed by atoms with Gasteiger partial charge in [-0.1, -0.05) is 45.0 Å². The van der Waals surface area contributed by atoms with Crippen molar-refractivity contribution in [1.82, 2.24) is 10.2 Å². The standard InChI is InChI=1S/C18H32N2/c1-6-12-19-13-16(5)18-10-8-17(9-11-18)14-20(7-2)15(3)4/h8-11,15-16,19H,6-7,12-14H2,1-5H3. The van der Waals surface area contributed by atoms with Crippen LogP contribution >= 0.6 is 0 Å². The van der Waals surface area contributed by atoms with E-state index >= 15 is 0 Å². The fourth-order valence-corrected chi connectivity index (χ4v) is 2.46. The van der Waals surface area contributed by atoms with Gasteiger partial charge in [-0.3, -0.25) is 4.90 Å². The molecule has 0 aliphatic carbocycles. The third kappa shape index (κ3) is 5.64. The summed E-state index contributed by atoms with van der Waals surface area (Å²) in [6.45, 7) is 15.6. The van der Waals surface area contributed by atoms with Crippen molar-refractivity contribution in [3.05, 3.63) is 35.4 Å². The third-order valence-corrected chi connectivity index (χ3v) is 3.95. The zero-order valence-corrected chi connectivity index (χ0v) is 13.9. The second-order valence-electron chi connectivity index (χ2n) is 6.00. The molecular formula is C18H32N2. The van der Waals surface area contributed by atoms with E-state index in [1.165, 1.54) is 17.5 Å². The van der Waals surface area contributed by atoms with Gasteiger partial charge in [-0.15, -0.1) is 0 Å². The zero-order chi connectivity index (χ0) is 15.0. The molecule has 0 aliphatic rings. The second kappa shape index (κ2) is 9.15. The summed E-state index contributed by atoms with van der Waals surface area (Å²) in [4.78, 5) is 2.49. The molecule has 1 atom stereocenters. The van der Waals surface area contributed by atoms with Crippen LogP contribution in [0.4, 0.5) is 0 Å². The van der Waals surface area contributed by atoms with Crippen LogP contribution in [0.2, 0.25) is 0 Å². The van der Waals surface area contributed by atoms with Gasteiger partial charge in [0.15, 0.2) is 0 Å². The van der Waals surface area contributed by atoms with Gasteiger partial charge in [0.25, 0.3) is 0 Å². The van der Waals surface area contributed by atoms with Crippen LogP contribution in [-0.2, 0) is 6.54 Å². The maximum Gasteiger partial charge on any atom is 0.0236 e. The van der Waals surface area contributed by atoms with E-state index in [0.717, 1.165) is 26.2 Å². The van der Waals surface area contributed by atoms with Gasteiger partial charge in [0.1, 0.15) is 0 Å². The Kier molecular flexibility index (Phi) is 7.86. The van der Waals surface area contributed by atoms with E-state index in [9.17, 15) is 0 Å². The summed E-state index contributed by atoms with van der Waals surface area (Å²) in [7, 11) is 0. The van der Waals surface area contributed by atoms with Crippen molar-refractivity contribution in [2.75, 3.05) is 19.6 Å². The van der Waals surface area contributed by atoms with Crippen LogP contribution < -0.4 is 5.32 Å². The van der Waals surface area contributed by atoms with Crippen LogP contribution in [0.1, 0.15) is 58.1 Å². The minimum Gasteiger partial charge on any atom is -0.316 e. The Morgan fingerprint density at radius 1 is 1.05 bits per heavy atom. The molecule has 20 heavy (non-hydrogen) atoms. The van der Waals surface area contributed by atoms with Crippen LogP contribution in [-0.4, -0.2) is 30.6 Å². The maximum atomic E-state index is 3.50. The first-order valence-corrected chi connectivity index (χ1v) is 8.12. The second-order valence-corrected chi connectivity index (χ2v) is 6.00. The summed E-state index contributed by atoms with van der Waals surface area (Å²) < 4.78 is 0. The van der Waals surface area contributed by atoms with E-state index in [0.29, 0.717) is 12.0 Å². The third-order valence-electron chi connectivity index (χ3n) is 3.95. The minimum absolute atomic E-state index is 0.586. The van der Waals surface area contributed by atoms with Crippen LogP contribution in [0.25, 0.3) is 0 Å². The van der Waals surface area contributed by atoms with Gasteiger partial charge >= 0.3 is 0 Å². The van der Waals surface area contributed by atoms with Gasteiger partial charge in [0, 0.05) is 19.1 Å². The Morgan fingerprint density at radius 2 is 1.70 bits per heavy atom. The molecule has 0 aliphatic heterocycles. The zero-order valence-electron chi connectivity index (χ0n) is 13.9. The Balaban J connectivity index is 2.55. The number of nitrogens with zero attached hydrogens (tertiary/aromatic N) is 1. The first kappa shape index (κ1) is 17.2. The molecule has 1 aromatic rings. The molecular weight excluding hydrogens is 244 g/mol. The Labute approximate surface area is 125 Å². The van der Waals surface area contributed by atoms with Crippen molar-refractivity contribution < 1.29 is 0 Å². The first-order chi connectivity index (χ1) is 9.58. The van der Waals surface area contributed by atoms with Gasteiger partial charge in [0.2, 0.25) is 0 Å². The van der Waals surface area contributed by atoms with Crippen molar-refractivity contribution in [3.8, 4) is 0 Å². The number of hydrogen-bond acceptors (Lipinski definition) is 2. The molecule has 0 amide bonds. The van der Waals surface area contributed by atoms with Gasteiger partial charge < -0.3 is 5.32 Å². The number of nitrogens with one attached hydrogen (secondary N) is 1. The normalized spacial score (nSPS) is 13.2. The molecule has 1 N–H and O–H groups in total. The van der Waals surface area contributed by atoms with Crippen molar-refractivity contribution >= 4 is 0 Å². The van der Waals surface area contributed by atoms with Gasteiger partial charge in [-0.2, -0.15) is 0 Å². The highest BCUT2D eigenvalue weighted by Gasteiger charge is 2.09. The molecule has 0 fully saturated rings. The first-order valence-electron chi connectivity index (χ1n) is 8.12. The lowest BCUT2D eigenvalue weighted by atomic mass is 9.99. The Bertz CT molecular complexity index is 356. The van der Waals surface area contributed by atoms with E-state index < -0.39 is 0 Å². The summed E-state index contributed by atoms with van der Waals surface area (Å²) in [5, 5.41) is 3.50. The molecule has 0 aromatic heterocycles. The largest absolute Gasteiger partial charge is 0.316 e. The quantitative estimate of drug-likeness (QED) is 0.685. The average Bonchev–Trinajstić information content (AvgIpc) is 2.45. The Morgan fingerprint density at radius 3 is 2.20 bits per heavy atom. The molecule has 1 unspecified atom stereocenters. The lowest BCUT2D eigenvalue weighted by Crippen LogP contribution is -2.29. The van der Waals surface area contributed by atoms with Crippen LogP contribution in [0.3, 0.4) is 0 Å². The van der Waals surface area contributed by atoms with Crippen molar-refractivity contribution in [3.63, 3.8) is 0 Å². The molecule has 1 aromatic carbocycles. The highest BCUT2D eigenvalue weighted by Crippen LogP contribution is 2.16. The number of rotatable bonds is 9. The smallest absolute Gasteiger partial charge is 0.0236 e. The molecule has 0 heterocycles. The van der Waals surface area contributed by atoms with Crippen molar-refractivity contribution in [2.45, 2.75) is 59.5 Å². The molecule has 0 spiro atoms. The van der Waals surface area contributed by atoms with Crippen LogP contribution in [0.15, 0.2) is 24.3 Å². The monoisotopic (exact) mass is 276 g/mol. The van der Waals surface area contributed by atoms with E-state index in [1.54, 1.807) is 0 Å². The molecule has 1 rings (SSSR count). The summed E-state index contributed by atoms with van der Waals surface area (Å²) in [6, 6.07) is 9.77. The van der Waals surface area contributed by atoms with E-state index in [2.05, 4.69) is 69.1 Å². The predicted octanol–water partition coefficient (Wildman–Crippen LogP) is 4.02. The Hall–Kier alpha value is -0.860. The molecule has 114 valence electrons. The van der Waals surface area contributed by atoms with Crippen LogP contribution in [0.5, 0.6) is 0 Å². The van der Waals surface area contributed by atoms with E-state index in [4.69, 9.17) is 0 Å². The molecule has 2 nitrogen and oxygen atoms in total. The van der Waals surface area contributed by atoms with Gasteiger partial charge in [-0.25, -0.2) is 0 Å². The fraction of sp³-hybridized carbons (Fsp3) is 0.667. The van der Waals surface area contributed by atoms with Gasteiger partial charge in [-0.05, 0) is 50.4 Å². The number of hydrogen-bond donors (Lipinski definition) is 1. The van der Waals surface area contributed by atoms with Crippen molar-refractivity contribution in [2.24, 2.45) is 0 Å². The highest BCUT2D eigenvalue weighted by molar-refractivity contribution is 5.25. The van der Waals surface area contributed by atoms with E-state index in [-0.39, 0.29) is 0 Å². The summed E-state index contributed by atoms with van der Waals surface area (Å²) in [5.41, 5.74) is 2.85. The molecule has 0 saturated heterocycles. The van der Waals surface area contributed by atoms with Crippen molar-refractivity contribution in [1.29, 1.82) is 0 Å². The summed E-state index contributed by atoms with van der Waals surface area (Å²) >= 11 is 0. The molecule has 0 saturated carbocycles. The van der Waals surface area contributed by atoms with E-state index in [1.807, 2.05) is 0 Å². The minimum atomic E-state index is 0.586.